The zero-order valence-corrected chi connectivity index (χ0v) is 11.5. The molecule has 0 aliphatic heterocycles. The van der Waals surface area contributed by atoms with Gasteiger partial charge in [-0.1, -0.05) is 13.0 Å². The lowest BCUT2D eigenvalue weighted by Gasteiger charge is -2.22. The molecule has 5 nitrogen and oxygen atoms in total. The molecule has 0 saturated heterocycles. The van der Waals surface area contributed by atoms with Crippen molar-refractivity contribution in [3.8, 4) is 0 Å². The zero-order chi connectivity index (χ0) is 13.8. The van der Waals surface area contributed by atoms with Gasteiger partial charge in [0.25, 0.3) is 0 Å². The number of H-pyrrole nitrogens is 1. The molecule has 0 fully saturated rings. The van der Waals surface area contributed by atoms with Crippen molar-refractivity contribution in [2.75, 3.05) is 26.2 Å². The van der Waals surface area contributed by atoms with Crippen molar-refractivity contribution in [1.82, 2.24) is 9.88 Å². The maximum atomic E-state index is 11.1. The molecule has 2 N–H and O–H groups in total. The van der Waals surface area contributed by atoms with Gasteiger partial charge in [0.05, 0.1) is 17.5 Å². The maximum Gasteiger partial charge on any atom is 0.417 e. The van der Waals surface area contributed by atoms with Gasteiger partial charge in [0, 0.05) is 13.1 Å². The van der Waals surface area contributed by atoms with Crippen molar-refractivity contribution in [3.05, 3.63) is 34.3 Å². The number of halogens is 1. The summed E-state index contributed by atoms with van der Waals surface area (Å²) in [5, 5.41) is 8.74. The summed E-state index contributed by atoms with van der Waals surface area (Å²) in [7, 11) is 0. The first-order chi connectivity index (χ1) is 9.13. The summed E-state index contributed by atoms with van der Waals surface area (Å²) in [5.74, 6) is -0.464. The molecule has 2 aromatic rings. The average molecular weight is 285 g/mol. The van der Waals surface area contributed by atoms with Crippen LogP contribution in [-0.4, -0.2) is 41.2 Å². The Bertz CT molecular complexity index is 593. The van der Waals surface area contributed by atoms with Gasteiger partial charge in [-0.05, 0) is 24.2 Å². The predicted octanol–water partition coefficient (Wildman–Crippen LogP) is 1.72. The Labute approximate surface area is 115 Å². The van der Waals surface area contributed by atoms with Gasteiger partial charge in [0.2, 0.25) is 0 Å². The van der Waals surface area contributed by atoms with Crippen molar-refractivity contribution in [1.29, 1.82) is 0 Å². The number of fused-ring (bicyclic) bond motifs is 1. The van der Waals surface area contributed by atoms with Crippen LogP contribution in [0.2, 0.25) is 0 Å². The average Bonchev–Trinajstić information content (AvgIpc) is 2.76. The number of hydrogen-bond donors (Lipinski definition) is 2. The monoisotopic (exact) mass is 284 g/mol. The van der Waals surface area contributed by atoms with Crippen molar-refractivity contribution >= 4 is 22.7 Å². The lowest BCUT2D eigenvalue weighted by Crippen LogP contribution is -2.29. The molecule has 0 amide bonds. The van der Waals surface area contributed by atoms with Crippen molar-refractivity contribution < 1.29 is 9.52 Å². The summed E-state index contributed by atoms with van der Waals surface area (Å²) >= 11 is 6.37. The fourth-order valence-corrected chi connectivity index (χ4v) is 2.34. The third-order valence-electron chi connectivity index (χ3n) is 3.09. The lowest BCUT2D eigenvalue weighted by atomic mass is 10.1. The SMILES string of the molecule is CCN(CCO)CC(Cl)c1ccc2[nH]c(=O)oc2c1. The summed E-state index contributed by atoms with van der Waals surface area (Å²) in [6.45, 7) is 4.20. The van der Waals surface area contributed by atoms with Gasteiger partial charge in [0.15, 0.2) is 5.58 Å². The van der Waals surface area contributed by atoms with Crippen LogP contribution in [0.15, 0.2) is 27.4 Å². The number of hydrogen-bond acceptors (Lipinski definition) is 4. The molecule has 6 heteroatoms. The standard InChI is InChI=1S/C13H17ClN2O3/c1-2-16(5-6-17)8-10(14)9-3-4-11-12(7-9)19-13(18)15-11/h3-4,7,10,17H,2,5-6,8H2,1H3,(H,15,18). The minimum absolute atomic E-state index is 0.114. The van der Waals surface area contributed by atoms with E-state index in [4.69, 9.17) is 21.1 Å². The summed E-state index contributed by atoms with van der Waals surface area (Å²) in [4.78, 5) is 15.7. The minimum atomic E-state index is -0.464. The Balaban J connectivity index is 2.15. The van der Waals surface area contributed by atoms with Crippen LogP contribution in [0.25, 0.3) is 11.1 Å². The second-order valence-corrected chi connectivity index (χ2v) is 4.88. The number of alkyl halides is 1. The Morgan fingerprint density at radius 3 is 3.00 bits per heavy atom. The predicted molar refractivity (Wildman–Crippen MR) is 74.6 cm³/mol. The molecule has 0 aliphatic carbocycles. The van der Waals surface area contributed by atoms with E-state index in [1.807, 2.05) is 13.0 Å². The van der Waals surface area contributed by atoms with E-state index in [0.717, 1.165) is 12.1 Å². The van der Waals surface area contributed by atoms with Crippen molar-refractivity contribution in [2.45, 2.75) is 12.3 Å². The van der Waals surface area contributed by atoms with Crippen LogP contribution in [0, 0.1) is 0 Å². The van der Waals surface area contributed by atoms with E-state index in [-0.39, 0.29) is 12.0 Å². The topological polar surface area (TPSA) is 69.5 Å². The van der Waals surface area contributed by atoms with Crippen molar-refractivity contribution in [2.24, 2.45) is 0 Å². The highest BCUT2D eigenvalue weighted by Crippen LogP contribution is 2.24. The number of oxazole rings is 1. The van der Waals surface area contributed by atoms with E-state index in [1.54, 1.807) is 12.1 Å². The third kappa shape index (κ3) is 3.37. The number of benzene rings is 1. The quantitative estimate of drug-likeness (QED) is 0.793. The molecule has 1 atom stereocenters. The highest BCUT2D eigenvalue weighted by atomic mass is 35.5. The number of aliphatic hydroxyl groups excluding tert-OH is 1. The molecule has 104 valence electrons. The maximum absolute atomic E-state index is 11.1. The largest absolute Gasteiger partial charge is 0.417 e. The Kier molecular flexibility index (Phi) is 4.63. The smallest absolute Gasteiger partial charge is 0.408 e. The second-order valence-electron chi connectivity index (χ2n) is 4.35. The molecule has 1 unspecified atom stereocenters. The number of nitrogens with zero attached hydrogens (tertiary/aromatic N) is 1. The van der Waals surface area contributed by atoms with Gasteiger partial charge < -0.3 is 9.52 Å². The Morgan fingerprint density at radius 2 is 2.32 bits per heavy atom. The molecule has 0 saturated carbocycles. The molecule has 0 radical (unpaired) electrons. The number of aromatic nitrogens is 1. The molecule has 0 bridgehead atoms. The van der Waals surface area contributed by atoms with Gasteiger partial charge >= 0.3 is 5.76 Å². The molecule has 0 aliphatic rings. The van der Waals surface area contributed by atoms with E-state index < -0.39 is 5.76 Å². The second kappa shape index (κ2) is 6.23. The number of likely N-dealkylation sites (N-methyl/N-ethyl adjacent to an activating group) is 1. The number of aliphatic hydroxyl groups is 1. The van der Waals surface area contributed by atoms with E-state index in [9.17, 15) is 4.79 Å². The van der Waals surface area contributed by atoms with Gasteiger partial charge in [-0.3, -0.25) is 9.88 Å². The van der Waals surface area contributed by atoms with Crippen LogP contribution < -0.4 is 5.76 Å². The number of aromatic amines is 1. The molecular weight excluding hydrogens is 268 g/mol. The van der Waals surface area contributed by atoms with Crippen LogP contribution in [0.5, 0.6) is 0 Å². The van der Waals surface area contributed by atoms with Gasteiger partial charge in [-0.25, -0.2) is 4.79 Å². The minimum Gasteiger partial charge on any atom is -0.408 e. The molecule has 1 heterocycles. The van der Waals surface area contributed by atoms with Crippen LogP contribution in [-0.2, 0) is 0 Å². The molecule has 19 heavy (non-hydrogen) atoms. The Morgan fingerprint density at radius 1 is 1.53 bits per heavy atom. The summed E-state index contributed by atoms with van der Waals surface area (Å²) in [5.41, 5.74) is 2.08. The fraction of sp³-hybridized carbons (Fsp3) is 0.462. The highest BCUT2D eigenvalue weighted by molar-refractivity contribution is 6.21. The molecule has 1 aromatic heterocycles. The van der Waals surface area contributed by atoms with Crippen LogP contribution in [0.4, 0.5) is 0 Å². The van der Waals surface area contributed by atoms with Crippen LogP contribution in [0.3, 0.4) is 0 Å². The molecule has 2 rings (SSSR count). The first-order valence-electron chi connectivity index (χ1n) is 6.24. The first kappa shape index (κ1) is 14.1. The van der Waals surface area contributed by atoms with Crippen LogP contribution >= 0.6 is 11.6 Å². The normalized spacial score (nSPS) is 13.3. The number of rotatable bonds is 6. The summed E-state index contributed by atoms with van der Waals surface area (Å²) in [6, 6.07) is 5.43. The van der Waals surface area contributed by atoms with E-state index in [0.29, 0.717) is 24.2 Å². The molecule has 0 spiro atoms. The van der Waals surface area contributed by atoms with Crippen LogP contribution in [0.1, 0.15) is 17.9 Å². The molecular formula is C13H17ClN2O3. The lowest BCUT2D eigenvalue weighted by molar-refractivity contribution is 0.202. The van der Waals surface area contributed by atoms with E-state index >= 15 is 0 Å². The highest BCUT2D eigenvalue weighted by Gasteiger charge is 2.14. The first-order valence-corrected chi connectivity index (χ1v) is 6.67. The van der Waals surface area contributed by atoms with Gasteiger partial charge in [-0.2, -0.15) is 0 Å². The van der Waals surface area contributed by atoms with E-state index in [2.05, 4.69) is 9.88 Å². The Hall–Kier alpha value is -1.30. The van der Waals surface area contributed by atoms with Gasteiger partial charge in [-0.15, -0.1) is 11.6 Å². The number of nitrogens with one attached hydrogen (secondary N) is 1. The fourth-order valence-electron chi connectivity index (χ4n) is 2.01. The van der Waals surface area contributed by atoms with Gasteiger partial charge in [0.1, 0.15) is 0 Å². The zero-order valence-electron chi connectivity index (χ0n) is 10.7. The van der Waals surface area contributed by atoms with E-state index in [1.165, 1.54) is 0 Å². The molecule has 1 aromatic carbocycles. The van der Waals surface area contributed by atoms with Crippen molar-refractivity contribution in [3.63, 3.8) is 0 Å². The summed E-state index contributed by atoms with van der Waals surface area (Å²) < 4.78 is 5.01. The third-order valence-corrected chi connectivity index (χ3v) is 3.48. The summed E-state index contributed by atoms with van der Waals surface area (Å²) in [6.07, 6.45) is 0.